The molecule has 36 heavy (non-hydrogen) atoms. The summed E-state index contributed by atoms with van der Waals surface area (Å²) >= 11 is 0. The highest BCUT2D eigenvalue weighted by Gasteiger charge is 2.59. The summed E-state index contributed by atoms with van der Waals surface area (Å²) in [4.78, 5) is 0. The zero-order valence-corrected chi connectivity index (χ0v) is 24.7. The maximum absolute atomic E-state index is 6.49. The summed E-state index contributed by atoms with van der Waals surface area (Å²) in [5.41, 5.74) is 2.76. The van der Waals surface area contributed by atoms with Crippen LogP contribution >= 0.6 is 0 Å². The third-order valence-electron chi connectivity index (χ3n) is 12.8. The summed E-state index contributed by atoms with van der Waals surface area (Å²) in [5, 5.41) is 0. The van der Waals surface area contributed by atoms with Crippen molar-refractivity contribution in [3.05, 3.63) is 11.6 Å². The molecule has 3 saturated carbocycles. The summed E-state index contributed by atoms with van der Waals surface area (Å²) in [6.45, 7) is 16.2. The van der Waals surface area contributed by atoms with E-state index in [1.54, 1.807) is 5.57 Å². The van der Waals surface area contributed by atoms with Gasteiger partial charge in [0.1, 0.15) is 0 Å². The molecule has 0 amide bonds. The van der Waals surface area contributed by atoms with Crippen molar-refractivity contribution >= 4 is 0 Å². The zero-order chi connectivity index (χ0) is 25.5. The molecule has 10 unspecified atom stereocenters. The monoisotopic (exact) mass is 498 g/mol. The SMILES string of the molecule is CCC(CCC(C)C1CCC2C3CC=C4CC(OC5CCCCO5)CCC4(C)C3CCC12C)C(C)C. The minimum absolute atomic E-state index is 0.0611. The minimum Gasteiger partial charge on any atom is -0.353 e. The Morgan fingerprint density at radius 2 is 1.81 bits per heavy atom. The van der Waals surface area contributed by atoms with Crippen molar-refractivity contribution in [1.82, 2.24) is 0 Å². The van der Waals surface area contributed by atoms with Gasteiger partial charge in [-0.05, 0) is 129 Å². The molecule has 5 aliphatic rings. The second-order valence-corrected chi connectivity index (χ2v) is 14.8. The van der Waals surface area contributed by atoms with Gasteiger partial charge in [-0.15, -0.1) is 0 Å². The van der Waals surface area contributed by atoms with Gasteiger partial charge in [0.15, 0.2) is 6.29 Å². The van der Waals surface area contributed by atoms with Crippen LogP contribution in [0.15, 0.2) is 11.6 Å². The molecule has 4 aliphatic carbocycles. The maximum atomic E-state index is 6.49. The lowest BCUT2D eigenvalue weighted by atomic mass is 9.47. The van der Waals surface area contributed by atoms with E-state index >= 15 is 0 Å². The highest BCUT2D eigenvalue weighted by molar-refractivity contribution is 5.25. The second kappa shape index (κ2) is 11.0. The maximum Gasteiger partial charge on any atom is 0.157 e. The molecule has 0 aromatic rings. The molecule has 5 rings (SSSR count). The van der Waals surface area contributed by atoms with E-state index in [0.717, 1.165) is 60.9 Å². The zero-order valence-electron chi connectivity index (χ0n) is 24.7. The van der Waals surface area contributed by atoms with E-state index in [4.69, 9.17) is 9.47 Å². The topological polar surface area (TPSA) is 18.5 Å². The summed E-state index contributed by atoms with van der Waals surface area (Å²) in [6.07, 6.45) is 22.0. The smallest absolute Gasteiger partial charge is 0.157 e. The van der Waals surface area contributed by atoms with Gasteiger partial charge in [0.05, 0.1) is 6.10 Å². The van der Waals surface area contributed by atoms with Gasteiger partial charge in [0, 0.05) is 6.61 Å². The Balaban J connectivity index is 1.24. The van der Waals surface area contributed by atoms with E-state index < -0.39 is 0 Å². The fraction of sp³-hybridized carbons (Fsp3) is 0.941. The van der Waals surface area contributed by atoms with Crippen molar-refractivity contribution in [2.45, 2.75) is 144 Å². The Labute approximate surface area is 223 Å². The normalized spacial score (nSPS) is 44.4. The third-order valence-corrected chi connectivity index (χ3v) is 12.8. The molecule has 2 nitrogen and oxygen atoms in total. The number of hydrogen-bond acceptors (Lipinski definition) is 2. The van der Waals surface area contributed by atoms with Crippen LogP contribution in [-0.2, 0) is 9.47 Å². The van der Waals surface area contributed by atoms with Crippen LogP contribution in [0, 0.1) is 52.3 Å². The third kappa shape index (κ3) is 5.01. The van der Waals surface area contributed by atoms with Crippen LogP contribution in [0.3, 0.4) is 0 Å². The number of ether oxygens (including phenoxy) is 2. The summed E-state index contributed by atoms with van der Waals surface area (Å²) < 4.78 is 12.4. The second-order valence-electron chi connectivity index (χ2n) is 14.8. The first kappa shape index (κ1) is 27.2. The summed E-state index contributed by atoms with van der Waals surface area (Å²) in [7, 11) is 0. The Bertz CT molecular complexity index is 765. The fourth-order valence-electron chi connectivity index (χ4n) is 10.4. The van der Waals surface area contributed by atoms with Gasteiger partial charge < -0.3 is 9.47 Å². The average Bonchev–Trinajstić information content (AvgIpc) is 3.22. The highest BCUT2D eigenvalue weighted by atomic mass is 16.7. The molecule has 0 bridgehead atoms. The first-order valence-corrected chi connectivity index (χ1v) is 16.2. The number of hydrogen-bond donors (Lipinski definition) is 0. The van der Waals surface area contributed by atoms with E-state index in [0.29, 0.717) is 16.9 Å². The lowest BCUT2D eigenvalue weighted by molar-refractivity contribution is -0.195. The van der Waals surface area contributed by atoms with Gasteiger partial charge in [-0.3, -0.25) is 0 Å². The fourth-order valence-corrected chi connectivity index (χ4v) is 10.4. The van der Waals surface area contributed by atoms with Crippen LogP contribution in [0.25, 0.3) is 0 Å². The molecule has 0 aromatic heterocycles. The number of allylic oxidation sites excluding steroid dienone is 1. The van der Waals surface area contributed by atoms with E-state index in [9.17, 15) is 0 Å². The molecule has 206 valence electrons. The quantitative estimate of drug-likeness (QED) is 0.310. The van der Waals surface area contributed by atoms with Gasteiger partial charge in [0.25, 0.3) is 0 Å². The predicted octanol–water partition coefficient (Wildman–Crippen LogP) is 9.58. The van der Waals surface area contributed by atoms with E-state index in [-0.39, 0.29) is 6.29 Å². The molecular formula is C34H58O2. The lowest BCUT2D eigenvalue weighted by Gasteiger charge is -2.58. The Morgan fingerprint density at radius 1 is 0.972 bits per heavy atom. The van der Waals surface area contributed by atoms with Gasteiger partial charge >= 0.3 is 0 Å². The molecule has 10 atom stereocenters. The van der Waals surface area contributed by atoms with Crippen molar-refractivity contribution in [2.24, 2.45) is 52.3 Å². The molecule has 1 heterocycles. The summed E-state index contributed by atoms with van der Waals surface area (Å²) in [5.74, 6) is 6.38. The van der Waals surface area contributed by atoms with E-state index in [1.807, 2.05) is 0 Å². The van der Waals surface area contributed by atoms with Crippen LogP contribution in [0.1, 0.15) is 131 Å². The van der Waals surface area contributed by atoms with Crippen molar-refractivity contribution in [1.29, 1.82) is 0 Å². The lowest BCUT2D eigenvalue weighted by Crippen LogP contribution is -2.51. The van der Waals surface area contributed by atoms with Crippen molar-refractivity contribution in [3.63, 3.8) is 0 Å². The molecule has 1 saturated heterocycles. The Kier molecular flexibility index (Phi) is 8.35. The molecule has 4 fully saturated rings. The molecule has 0 aromatic carbocycles. The molecule has 0 N–H and O–H groups in total. The van der Waals surface area contributed by atoms with Crippen LogP contribution < -0.4 is 0 Å². The Morgan fingerprint density at radius 3 is 2.53 bits per heavy atom. The van der Waals surface area contributed by atoms with Gasteiger partial charge in [-0.25, -0.2) is 0 Å². The van der Waals surface area contributed by atoms with Gasteiger partial charge in [-0.2, -0.15) is 0 Å². The van der Waals surface area contributed by atoms with Crippen LogP contribution in [-0.4, -0.2) is 19.0 Å². The largest absolute Gasteiger partial charge is 0.353 e. The number of rotatable bonds is 8. The highest BCUT2D eigenvalue weighted by Crippen LogP contribution is 2.67. The van der Waals surface area contributed by atoms with Crippen LogP contribution in [0.2, 0.25) is 0 Å². The summed E-state index contributed by atoms with van der Waals surface area (Å²) in [6, 6.07) is 0. The molecule has 0 spiro atoms. The van der Waals surface area contributed by atoms with Crippen molar-refractivity contribution in [3.8, 4) is 0 Å². The van der Waals surface area contributed by atoms with Gasteiger partial charge in [0.2, 0.25) is 0 Å². The van der Waals surface area contributed by atoms with E-state index in [1.165, 1.54) is 77.0 Å². The van der Waals surface area contributed by atoms with Crippen LogP contribution in [0.4, 0.5) is 0 Å². The first-order chi connectivity index (χ1) is 17.3. The molecule has 2 heteroatoms. The first-order valence-electron chi connectivity index (χ1n) is 16.2. The standard InChI is InChI=1S/C34H58O2/c1-7-25(23(2)3)12-11-24(4)29-15-16-30-28-14-13-26-22-27(36-32-10-8-9-21-35-32)17-19-33(26,5)31(28)18-20-34(29,30)6/h13,23-25,27-32H,7-12,14-22H2,1-6H3. The van der Waals surface area contributed by atoms with Gasteiger partial charge in [-0.1, -0.05) is 66.0 Å². The minimum atomic E-state index is 0.0611. The van der Waals surface area contributed by atoms with Crippen molar-refractivity contribution < 1.29 is 9.47 Å². The molecule has 0 radical (unpaired) electrons. The average molecular weight is 499 g/mol. The van der Waals surface area contributed by atoms with Crippen LogP contribution in [0.5, 0.6) is 0 Å². The number of fused-ring (bicyclic) bond motifs is 5. The Hall–Kier alpha value is -0.340. The molecule has 1 aliphatic heterocycles. The van der Waals surface area contributed by atoms with Crippen molar-refractivity contribution in [2.75, 3.05) is 6.61 Å². The predicted molar refractivity (Wildman–Crippen MR) is 151 cm³/mol. The van der Waals surface area contributed by atoms with E-state index in [2.05, 4.69) is 47.6 Å². The molecular weight excluding hydrogens is 440 g/mol.